The Morgan fingerprint density at radius 3 is 2.81 bits per heavy atom. The van der Waals surface area contributed by atoms with Gasteiger partial charge in [-0.25, -0.2) is 4.79 Å². The maximum absolute atomic E-state index is 12.0. The van der Waals surface area contributed by atoms with Gasteiger partial charge >= 0.3 is 5.97 Å². The van der Waals surface area contributed by atoms with Crippen LogP contribution in [0.15, 0.2) is 36.4 Å². The number of rotatable bonds is 3. The highest BCUT2D eigenvalue weighted by Gasteiger charge is 2.13. The molecule has 0 bridgehead atoms. The van der Waals surface area contributed by atoms with E-state index < -0.39 is 5.97 Å². The van der Waals surface area contributed by atoms with Gasteiger partial charge in [0, 0.05) is 16.3 Å². The lowest BCUT2D eigenvalue weighted by Gasteiger charge is -2.09. The molecule has 106 valence electrons. The zero-order chi connectivity index (χ0) is 15.4. The molecule has 2 aromatic rings. The Morgan fingerprint density at radius 1 is 1.38 bits per heavy atom. The standard InChI is InChI=1S/C16H13ClN2O2/c1-10-3-2-4-13(15(10)19)16(20)21-9-12-6-5-11(8-18)7-14(12)17/h2-7H,9,19H2,1H3. The number of hydrogen-bond acceptors (Lipinski definition) is 4. The van der Waals surface area contributed by atoms with Crippen LogP contribution >= 0.6 is 11.6 Å². The highest BCUT2D eigenvalue weighted by atomic mass is 35.5. The van der Waals surface area contributed by atoms with E-state index >= 15 is 0 Å². The van der Waals surface area contributed by atoms with Crippen LogP contribution in [0.5, 0.6) is 0 Å². The van der Waals surface area contributed by atoms with E-state index in [1.807, 2.05) is 19.1 Å². The Labute approximate surface area is 127 Å². The highest BCUT2D eigenvalue weighted by Crippen LogP contribution is 2.21. The predicted octanol–water partition coefficient (Wildman–Crippen LogP) is 3.46. The maximum atomic E-state index is 12.0. The summed E-state index contributed by atoms with van der Waals surface area (Å²) in [6.45, 7) is 1.85. The van der Waals surface area contributed by atoms with Crippen molar-refractivity contribution in [2.24, 2.45) is 0 Å². The number of anilines is 1. The van der Waals surface area contributed by atoms with Crippen LogP contribution in [0.2, 0.25) is 5.02 Å². The van der Waals surface area contributed by atoms with Crippen LogP contribution in [0.25, 0.3) is 0 Å². The van der Waals surface area contributed by atoms with E-state index in [-0.39, 0.29) is 6.61 Å². The Kier molecular flexibility index (Phi) is 4.46. The summed E-state index contributed by atoms with van der Waals surface area (Å²) < 4.78 is 5.22. The molecule has 0 aliphatic heterocycles. The molecule has 2 aromatic carbocycles. The van der Waals surface area contributed by atoms with Crippen molar-refractivity contribution >= 4 is 23.3 Å². The van der Waals surface area contributed by atoms with E-state index in [1.54, 1.807) is 24.3 Å². The summed E-state index contributed by atoms with van der Waals surface area (Å²) >= 11 is 6.03. The fraction of sp³-hybridized carbons (Fsp3) is 0.125. The summed E-state index contributed by atoms with van der Waals surface area (Å²) in [7, 11) is 0. The summed E-state index contributed by atoms with van der Waals surface area (Å²) in [5, 5.41) is 9.16. The lowest BCUT2D eigenvalue weighted by Crippen LogP contribution is -2.09. The van der Waals surface area contributed by atoms with Gasteiger partial charge in [-0.15, -0.1) is 0 Å². The van der Waals surface area contributed by atoms with Crippen molar-refractivity contribution in [3.63, 3.8) is 0 Å². The smallest absolute Gasteiger partial charge is 0.340 e. The van der Waals surface area contributed by atoms with Gasteiger partial charge in [0.1, 0.15) is 6.61 Å². The molecule has 4 nitrogen and oxygen atoms in total. The summed E-state index contributed by atoms with van der Waals surface area (Å²) in [6.07, 6.45) is 0. The molecule has 2 rings (SSSR count). The molecule has 2 N–H and O–H groups in total. The SMILES string of the molecule is Cc1cccc(C(=O)OCc2ccc(C#N)cc2Cl)c1N. The fourth-order valence-corrected chi connectivity index (χ4v) is 2.05. The quantitative estimate of drug-likeness (QED) is 0.695. The van der Waals surface area contributed by atoms with Gasteiger partial charge in [-0.05, 0) is 30.7 Å². The fourth-order valence-electron chi connectivity index (χ4n) is 1.81. The number of halogens is 1. The van der Waals surface area contributed by atoms with Gasteiger partial charge < -0.3 is 10.5 Å². The molecular formula is C16H13ClN2O2. The van der Waals surface area contributed by atoms with Crippen LogP contribution in [0.4, 0.5) is 5.69 Å². The first kappa shape index (κ1) is 14.9. The Hall–Kier alpha value is -2.51. The predicted molar refractivity (Wildman–Crippen MR) is 80.9 cm³/mol. The van der Waals surface area contributed by atoms with Gasteiger partial charge in [-0.3, -0.25) is 0 Å². The molecule has 0 fully saturated rings. The number of hydrogen-bond donors (Lipinski definition) is 1. The third-order valence-electron chi connectivity index (χ3n) is 3.08. The summed E-state index contributed by atoms with van der Waals surface area (Å²) in [5.41, 5.74) is 8.51. The molecule has 5 heteroatoms. The lowest BCUT2D eigenvalue weighted by molar-refractivity contribution is 0.0474. The zero-order valence-electron chi connectivity index (χ0n) is 11.4. The molecule has 0 unspecified atom stereocenters. The van der Waals surface area contributed by atoms with E-state index in [9.17, 15) is 4.79 Å². The first-order valence-corrected chi connectivity index (χ1v) is 6.61. The lowest BCUT2D eigenvalue weighted by atomic mass is 10.1. The second-order valence-corrected chi connectivity index (χ2v) is 4.94. The minimum Gasteiger partial charge on any atom is -0.457 e. The van der Waals surface area contributed by atoms with Gasteiger partial charge in [0.05, 0.1) is 17.2 Å². The molecule has 0 radical (unpaired) electrons. The van der Waals surface area contributed by atoms with E-state index in [4.69, 9.17) is 27.3 Å². The topological polar surface area (TPSA) is 76.1 Å². The van der Waals surface area contributed by atoms with Crippen LogP contribution in [0.3, 0.4) is 0 Å². The Morgan fingerprint density at radius 2 is 2.14 bits per heavy atom. The average molecular weight is 301 g/mol. The number of esters is 1. The molecule has 0 saturated heterocycles. The Bertz CT molecular complexity index is 736. The molecule has 0 aromatic heterocycles. The van der Waals surface area contributed by atoms with Crippen molar-refractivity contribution in [1.82, 2.24) is 0 Å². The van der Waals surface area contributed by atoms with E-state index in [1.165, 1.54) is 6.07 Å². The van der Waals surface area contributed by atoms with Gasteiger partial charge in [-0.2, -0.15) is 5.26 Å². The van der Waals surface area contributed by atoms with Crippen molar-refractivity contribution in [3.05, 3.63) is 63.7 Å². The molecule has 0 amide bonds. The molecule has 0 spiro atoms. The number of nitriles is 1. The summed E-state index contributed by atoms with van der Waals surface area (Å²) in [5.74, 6) is -0.503. The number of nitrogens with two attached hydrogens (primary N) is 1. The minimum atomic E-state index is -0.503. The van der Waals surface area contributed by atoms with Gasteiger partial charge in [0.15, 0.2) is 0 Å². The average Bonchev–Trinajstić information content (AvgIpc) is 2.48. The number of para-hydroxylation sites is 1. The van der Waals surface area contributed by atoms with Crippen LogP contribution in [-0.4, -0.2) is 5.97 Å². The van der Waals surface area contributed by atoms with E-state index in [2.05, 4.69) is 0 Å². The third kappa shape index (κ3) is 3.33. The number of carbonyl (C=O) groups is 1. The van der Waals surface area contributed by atoms with Crippen molar-refractivity contribution in [2.45, 2.75) is 13.5 Å². The van der Waals surface area contributed by atoms with Crippen molar-refractivity contribution in [3.8, 4) is 6.07 Å². The third-order valence-corrected chi connectivity index (χ3v) is 3.44. The Balaban J connectivity index is 2.11. The van der Waals surface area contributed by atoms with E-state index in [0.717, 1.165) is 5.56 Å². The normalized spacial score (nSPS) is 9.95. The molecule has 0 saturated carbocycles. The van der Waals surface area contributed by atoms with Gasteiger partial charge in [0.25, 0.3) is 0 Å². The molecule has 0 atom stereocenters. The van der Waals surface area contributed by atoms with Crippen molar-refractivity contribution in [1.29, 1.82) is 5.26 Å². The second-order valence-electron chi connectivity index (χ2n) is 4.53. The summed E-state index contributed by atoms with van der Waals surface area (Å²) in [4.78, 5) is 12.0. The monoisotopic (exact) mass is 300 g/mol. The summed E-state index contributed by atoms with van der Waals surface area (Å²) in [6, 6.07) is 12.0. The second kappa shape index (κ2) is 6.29. The first-order chi connectivity index (χ1) is 10.0. The van der Waals surface area contributed by atoms with Crippen molar-refractivity contribution < 1.29 is 9.53 Å². The minimum absolute atomic E-state index is 0.0246. The van der Waals surface area contributed by atoms with Gasteiger partial charge in [-0.1, -0.05) is 29.8 Å². The first-order valence-electron chi connectivity index (χ1n) is 6.23. The number of ether oxygens (including phenoxy) is 1. The molecule has 0 aliphatic carbocycles. The molecular weight excluding hydrogens is 288 g/mol. The van der Waals surface area contributed by atoms with E-state index in [0.29, 0.717) is 27.4 Å². The molecule has 0 heterocycles. The van der Waals surface area contributed by atoms with Crippen LogP contribution in [-0.2, 0) is 11.3 Å². The highest BCUT2D eigenvalue weighted by molar-refractivity contribution is 6.31. The van der Waals surface area contributed by atoms with Crippen molar-refractivity contribution in [2.75, 3.05) is 5.73 Å². The number of nitrogens with zero attached hydrogens (tertiary/aromatic N) is 1. The number of benzene rings is 2. The van der Waals surface area contributed by atoms with Crippen LogP contribution < -0.4 is 5.73 Å². The maximum Gasteiger partial charge on any atom is 0.340 e. The number of aryl methyl sites for hydroxylation is 1. The van der Waals surface area contributed by atoms with Gasteiger partial charge in [0.2, 0.25) is 0 Å². The molecule has 0 aliphatic rings. The van der Waals surface area contributed by atoms with Crippen LogP contribution in [0, 0.1) is 18.3 Å². The zero-order valence-corrected chi connectivity index (χ0v) is 12.1. The molecule has 21 heavy (non-hydrogen) atoms. The number of carbonyl (C=O) groups excluding carboxylic acids is 1. The largest absolute Gasteiger partial charge is 0.457 e. The number of nitrogen functional groups attached to an aromatic ring is 1. The van der Waals surface area contributed by atoms with Crippen LogP contribution in [0.1, 0.15) is 27.0 Å².